The van der Waals surface area contributed by atoms with Crippen molar-refractivity contribution in [3.8, 4) is 5.75 Å². The van der Waals surface area contributed by atoms with E-state index in [9.17, 15) is 4.79 Å². The van der Waals surface area contributed by atoms with Crippen LogP contribution in [0.2, 0.25) is 0 Å². The van der Waals surface area contributed by atoms with Gasteiger partial charge in [0, 0.05) is 10.9 Å². The Kier molecular flexibility index (Phi) is 3.71. The van der Waals surface area contributed by atoms with Crippen LogP contribution in [0.3, 0.4) is 0 Å². The summed E-state index contributed by atoms with van der Waals surface area (Å²) in [5.74, 6) is 1.41. The van der Waals surface area contributed by atoms with Crippen LogP contribution in [0.1, 0.15) is 34.0 Å². The van der Waals surface area contributed by atoms with Crippen molar-refractivity contribution in [3.63, 3.8) is 0 Å². The van der Waals surface area contributed by atoms with Gasteiger partial charge >= 0.3 is 0 Å². The average Bonchev–Trinajstić information content (AvgIpc) is 2.85. The second-order valence-corrected chi connectivity index (χ2v) is 6.37. The first kappa shape index (κ1) is 12.9. The van der Waals surface area contributed by atoms with Crippen molar-refractivity contribution in [2.75, 3.05) is 6.61 Å². The van der Waals surface area contributed by atoms with Crippen LogP contribution >= 0.6 is 27.3 Å². The third-order valence-electron chi connectivity index (χ3n) is 3.38. The van der Waals surface area contributed by atoms with E-state index < -0.39 is 0 Å². The molecule has 1 unspecified atom stereocenters. The molecule has 1 aromatic heterocycles. The van der Waals surface area contributed by atoms with Gasteiger partial charge in [0.25, 0.3) is 0 Å². The van der Waals surface area contributed by atoms with Crippen molar-refractivity contribution in [1.82, 2.24) is 0 Å². The molecule has 19 heavy (non-hydrogen) atoms. The van der Waals surface area contributed by atoms with Gasteiger partial charge in [-0.05, 0) is 51.3 Å². The monoisotopic (exact) mass is 336 g/mol. The summed E-state index contributed by atoms with van der Waals surface area (Å²) in [6.45, 7) is 0.695. The first-order valence-corrected chi connectivity index (χ1v) is 7.91. The van der Waals surface area contributed by atoms with Crippen molar-refractivity contribution >= 4 is 33.0 Å². The lowest BCUT2D eigenvalue weighted by Gasteiger charge is -2.25. The third-order valence-corrected chi connectivity index (χ3v) is 5.26. The van der Waals surface area contributed by atoms with E-state index in [1.807, 2.05) is 29.6 Å². The second kappa shape index (κ2) is 5.47. The Balaban J connectivity index is 1.82. The minimum atomic E-state index is 0.212. The number of hydrogen-bond donors (Lipinski definition) is 0. The summed E-state index contributed by atoms with van der Waals surface area (Å²) in [5.41, 5.74) is 1.16. The van der Waals surface area contributed by atoms with Crippen molar-refractivity contribution < 1.29 is 9.53 Å². The predicted octanol–water partition coefficient (Wildman–Crippen LogP) is 4.65. The van der Waals surface area contributed by atoms with Crippen LogP contribution in [-0.2, 0) is 0 Å². The molecule has 0 fully saturated rings. The number of para-hydroxylation sites is 1. The number of carbonyl (C=O) groups is 1. The number of ketones is 1. The molecule has 1 aliphatic heterocycles. The van der Waals surface area contributed by atoms with Crippen LogP contribution in [0.25, 0.3) is 0 Å². The number of rotatable bonds is 3. The largest absolute Gasteiger partial charge is 0.493 e. The molecule has 2 aromatic rings. The summed E-state index contributed by atoms with van der Waals surface area (Å²) in [4.78, 5) is 13.2. The van der Waals surface area contributed by atoms with Crippen molar-refractivity contribution in [2.24, 2.45) is 0 Å². The summed E-state index contributed by atoms with van der Waals surface area (Å²) in [6.07, 6.45) is 1.46. The van der Waals surface area contributed by atoms with E-state index in [1.165, 1.54) is 11.3 Å². The fraction of sp³-hybridized carbons (Fsp3) is 0.267. The van der Waals surface area contributed by atoms with E-state index in [0.717, 1.165) is 27.1 Å². The molecule has 0 saturated heterocycles. The zero-order valence-electron chi connectivity index (χ0n) is 10.3. The molecule has 1 aliphatic rings. The SMILES string of the molecule is O=C(CC1CCOc2ccccc21)c1sccc1Br. The van der Waals surface area contributed by atoms with Crippen LogP contribution in [0, 0.1) is 0 Å². The molecule has 0 N–H and O–H groups in total. The maximum Gasteiger partial charge on any atom is 0.174 e. The van der Waals surface area contributed by atoms with Crippen molar-refractivity contribution in [3.05, 3.63) is 50.6 Å². The smallest absolute Gasteiger partial charge is 0.174 e. The molecule has 0 spiro atoms. The third kappa shape index (κ3) is 2.60. The zero-order valence-corrected chi connectivity index (χ0v) is 12.7. The summed E-state index contributed by atoms with van der Waals surface area (Å²) >= 11 is 4.93. The highest BCUT2D eigenvalue weighted by atomic mass is 79.9. The predicted molar refractivity (Wildman–Crippen MR) is 80.3 cm³/mol. The summed E-state index contributed by atoms with van der Waals surface area (Å²) in [5, 5.41) is 1.94. The fourth-order valence-corrected chi connectivity index (χ4v) is 3.98. The Bertz CT molecular complexity index is 606. The summed E-state index contributed by atoms with van der Waals surface area (Å²) in [7, 11) is 0. The lowest BCUT2D eigenvalue weighted by Crippen LogP contribution is -2.16. The number of fused-ring (bicyclic) bond motifs is 1. The van der Waals surface area contributed by atoms with Crippen molar-refractivity contribution in [1.29, 1.82) is 0 Å². The molecule has 1 atom stereocenters. The number of thiophene rings is 1. The summed E-state index contributed by atoms with van der Waals surface area (Å²) < 4.78 is 6.54. The number of benzene rings is 1. The first-order valence-electron chi connectivity index (χ1n) is 6.23. The minimum absolute atomic E-state index is 0.212. The van der Waals surface area contributed by atoms with E-state index in [4.69, 9.17) is 4.74 Å². The lowest BCUT2D eigenvalue weighted by atomic mass is 9.88. The molecule has 4 heteroatoms. The van der Waals surface area contributed by atoms with Gasteiger partial charge in [-0.1, -0.05) is 18.2 Å². The number of Topliss-reactive ketones (excluding diaryl/α,β-unsaturated/α-hetero) is 1. The van der Waals surface area contributed by atoms with Crippen LogP contribution in [0.4, 0.5) is 0 Å². The second-order valence-electron chi connectivity index (χ2n) is 4.60. The van der Waals surface area contributed by atoms with E-state index in [1.54, 1.807) is 0 Å². The molecule has 3 rings (SSSR count). The van der Waals surface area contributed by atoms with Gasteiger partial charge in [-0.3, -0.25) is 4.79 Å². The quantitative estimate of drug-likeness (QED) is 0.762. The van der Waals surface area contributed by atoms with E-state index >= 15 is 0 Å². The molecule has 0 radical (unpaired) electrons. The zero-order chi connectivity index (χ0) is 13.2. The van der Waals surface area contributed by atoms with Gasteiger partial charge in [0.15, 0.2) is 5.78 Å². The first-order chi connectivity index (χ1) is 9.25. The Hall–Kier alpha value is -1.13. The summed E-state index contributed by atoms with van der Waals surface area (Å²) in [6, 6.07) is 9.95. The highest BCUT2D eigenvalue weighted by Crippen LogP contribution is 2.37. The van der Waals surface area contributed by atoms with Gasteiger partial charge in [0.1, 0.15) is 5.75 Å². The molecule has 0 bridgehead atoms. The van der Waals surface area contributed by atoms with Crippen LogP contribution < -0.4 is 4.74 Å². The highest BCUT2D eigenvalue weighted by Gasteiger charge is 2.25. The molecule has 2 heterocycles. The molecular weight excluding hydrogens is 324 g/mol. The maximum atomic E-state index is 12.3. The maximum absolute atomic E-state index is 12.3. The van der Waals surface area contributed by atoms with Gasteiger partial charge < -0.3 is 4.74 Å². The van der Waals surface area contributed by atoms with E-state index in [0.29, 0.717) is 13.0 Å². The molecule has 0 saturated carbocycles. The van der Waals surface area contributed by atoms with E-state index in [-0.39, 0.29) is 11.7 Å². The van der Waals surface area contributed by atoms with Crippen molar-refractivity contribution in [2.45, 2.75) is 18.8 Å². The van der Waals surface area contributed by atoms with Crippen LogP contribution in [0.5, 0.6) is 5.75 Å². The van der Waals surface area contributed by atoms with Crippen LogP contribution in [0.15, 0.2) is 40.2 Å². The number of ether oxygens (including phenoxy) is 1. The Morgan fingerprint density at radius 1 is 1.37 bits per heavy atom. The molecule has 2 nitrogen and oxygen atoms in total. The number of carbonyl (C=O) groups excluding carboxylic acids is 1. The van der Waals surface area contributed by atoms with Gasteiger partial charge in [-0.15, -0.1) is 11.3 Å². The Morgan fingerprint density at radius 2 is 2.21 bits per heavy atom. The molecular formula is C15H13BrO2S. The molecule has 0 aliphatic carbocycles. The Labute approximate surface area is 124 Å². The Morgan fingerprint density at radius 3 is 3.00 bits per heavy atom. The molecule has 0 amide bonds. The molecule has 98 valence electrons. The topological polar surface area (TPSA) is 26.3 Å². The highest BCUT2D eigenvalue weighted by molar-refractivity contribution is 9.10. The van der Waals surface area contributed by atoms with Gasteiger partial charge in [-0.2, -0.15) is 0 Å². The molecule has 1 aromatic carbocycles. The van der Waals surface area contributed by atoms with Gasteiger partial charge in [0.05, 0.1) is 11.5 Å². The van der Waals surface area contributed by atoms with Crippen LogP contribution in [-0.4, -0.2) is 12.4 Å². The standard InChI is InChI=1S/C15H13BrO2S/c16-12-6-8-19-15(12)13(17)9-10-5-7-18-14-4-2-1-3-11(10)14/h1-4,6,8,10H,5,7,9H2. The number of hydrogen-bond acceptors (Lipinski definition) is 3. The number of halogens is 1. The van der Waals surface area contributed by atoms with Gasteiger partial charge in [-0.25, -0.2) is 0 Å². The average molecular weight is 337 g/mol. The normalized spacial score (nSPS) is 17.6. The minimum Gasteiger partial charge on any atom is -0.493 e. The lowest BCUT2D eigenvalue weighted by molar-refractivity contribution is 0.0969. The fourth-order valence-electron chi connectivity index (χ4n) is 2.44. The van der Waals surface area contributed by atoms with Gasteiger partial charge in [0.2, 0.25) is 0 Å². The van der Waals surface area contributed by atoms with E-state index in [2.05, 4.69) is 22.0 Å².